The number of amides is 1. The van der Waals surface area contributed by atoms with E-state index in [9.17, 15) is 13.2 Å². The number of sulfonamides is 1. The summed E-state index contributed by atoms with van der Waals surface area (Å²) in [6, 6.07) is 10.8. The first-order chi connectivity index (χ1) is 10.8. The third kappa shape index (κ3) is 4.37. The molecule has 0 atom stereocenters. The van der Waals surface area contributed by atoms with Crippen molar-refractivity contribution >= 4 is 33.2 Å². The monoisotopic (exact) mass is 354 g/mol. The Labute approximate surface area is 139 Å². The van der Waals surface area contributed by atoms with Gasteiger partial charge in [0.1, 0.15) is 5.75 Å². The van der Waals surface area contributed by atoms with Crippen LogP contribution in [0.4, 0.5) is 5.69 Å². The zero-order valence-electron chi connectivity index (χ0n) is 12.2. The summed E-state index contributed by atoms with van der Waals surface area (Å²) in [6.07, 6.45) is 0. The van der Waals surface area contributed by atoms with Crippen LogP contribution in [0.1, 0.15) is 5.56 Å². The van der Waals surface area contributed by atoms with Gasteiger partial charge in [-0.1, -0.05) is 17.7 Å². The van der Waals surface area contributed by atoms with Crippen molar-refractivity contribution in [2.45, 2.75) is 11.8 Å². The van der Waals surface area contributed by atoms with Gasteiger partial charge in [0.25, 0.3) is 15.9 Å². The molecular weight excluding hydrogens is 340 g/mol. The van der Waals surface area contributed by atoms with Crippen LogP contribution >= 0.6 is 11.6 Å². The van der Waals surface area contributed by atoms with Crippen molar-refractivity contribution in [1.29, 1.82) is 0 Å². The van der Waals surface area contributed by atoms with Gasteiger partial charge in [-0.3, -0.25) is 9.52 Å². The highest BCUT2D eigenvalue weighted by molar-refractivity contribution is 7.92. The second-order valence-electron chi connectivity index (χ2n) is 4.75. The van der Waals surface area contributed by atoms with Crippen molar-refractivity contribution in [3.8, 4) is 5.75 Å². The topological polar surface area (TPSA) is 98.5 Å². The molecule has 0 radical (unpaired) electrons. The molecule has 0 spiro atoms. The maximum absolute atomic E-state index is 12.4. The number of carbonyl (C=O) groups excluding carboxylic acids is 1. The van der Waals surface area contributed by atoms with Gasteiger partial charge in [-0.2, -0.15) is 0 Å². The highest BCUT2D eigenvalue weighted by Crippen LogP contribution is 2.25. The predicted molar refractivity (Wildman–Crippen MR) is 88.1 cm³/mol. The fraction of sp³-hybridized carbons (Fsp3) is 0.133. The largest absolute Gasteiger partial charge is 0.484 e. The lowest BCUT2D eigenvalue weighted by molar-refractivity contribution is -0.119. The smallest absolute Gasteiger partial charge is 0.262 e. The maximum atomic E-state index is 12.4. The molecule has 6 nitrogen and oxygen atoms in total. The van der Waals surface area contributed by atoms with E-state index in [0.717, 1.165) is 0 Å². The Kier molecular flexibility index (Phi) is 5.12. The van der Waals surface area contributed by atoms with E-state index in [1.54, 1.807) is 19.1 Å². The number of ether oxygens (including phenoxy) is 1. The zero-order valence-corrected chi connectivity index (χ0v) is 13.8. The molecule has 2 rings (SSSR count). The van der Waals surface area contributed by atoms with E-state index in [4.69, 9.17) is 22.1 Å². The number of rotatable bonds is 6. The van der Waals surface area contributed by atoms with Crippen LogP contribution < -0.4 is 15.2 Å². The van der Waals surface area contributed by atoms with Crippen molar-refractivity contribution in [2.24, 2.45) is 5.73 Å². The number of nitrogens with two attached hydrogens (primary N) is 1. The molecule has 0 aliphatic heterocycles. The van der Waals surface area contributed by atoms with E-state index in [1.807, 2.05) is 0 Å². The summed E-state index contributed by atoms with van der Waals surface area (Å²) in [5, 5.41) is 0.378. The fourth-order valence-electron chi connectivity index (χ4n) is 1.86. The summed E-state index contributed by atoms with van der Waals surface area (Å²) in [4.78, 5) is 10.7. The molecule has 0 unspecified atom stereocenters. The lowest BCUT2D eigenvalue weighted by Crippen LogP contribution is -2.20. The van der Waals surface area contributed by atoms with Gasteiger partial charge in [-0.05, 0) is 48.9 Å². The summed E-state index contributed by atoms with van der Waals surface area (Å²) in [5.41, 5.74) is 5.81. The van der Waals surface area contributed by atoms with Gasteiger partial charge in [0.05, 0.1) is 4.90 Å². The Morgan fingerprint density at radius 1 is 1.22 bits per heavy atom. The fourth-order valence-corrected chi connectivity index (χ4v) is 3.42. The van der Waals surface area contributed by atoms with Crippen LogP contribution in [-0.4, -0.2) is 20.9 Å². The molecule has 0 aromatic heterocycles. The van der Waals surface area contributed by atoms with Crippen LogP contribution in [0.2, 0.25) is 5.02 Å². The first-order valence-corrected chi connectivity index (χ1v) is 8.45. The van der Waals surface area contributed by atoms with Crippen LogP contribution in [0, 0.1) is 6.92 Å². The van der Waals surface area contributed by atoms with Gasteiger partial charge in [0.15, 0.2) is 6.61 Å². The molecule has 0 saturated heterocycles. The minimum Gasteiger partial charge on any atom is -0.484 e. The van der Waals surface area contributed by atoms with Gasteiger partial charge < -0.3 is 10.5 Å². The van der Waals surface area contributed by atoms with Crippen LogP contribution in [0.3, 0.4) is 0 Å². The lowest BCUT2D eigenvalue weighted by atomic mass is 10.2. The predicted octanol–water partition coefficient (Wildman–Crippen LogP) is 2.31. The van der Waals surface area contributed by atoms with E-state index < -0.39 is 15.9 Å². The number of nitrogens with one attached hydrogen (secondary N) is 1. The number of carbonyl (C=O) groups is 1. The maximum Gasteiger partial charge on any atom is 0.262 e. The summed E-state index contributed by atoms with van der Waals surface area (Å²) >= 11 is 5.96. The highest BCUT2D eigenvalue weighted by Gasteiger charge is 2.18. The molecule has 3 N–H and O–H groups in total. The quantitative estimate of drug-likeness (QED) is 0.831. The molecule has 0 bridgehead atoms. The average molecular weight is 355 g/mol. The van der Waals surface area contributed by atoms with Gasteiger partial charge >= 0.3 is 0 Å². The van der Waals surface area contributed by atoms with Crippen molar-refractivity contribution in [2.75, 3.05) is 11.3 Å². The summed E-state index contributed by atoms with van der Waals surface area (Å²) in [5.74, 6) is -0.183. The molecule has 0 fully saturated rings. The number of benzene rings is 2. The Balaban J connectivity index is 2.17. The number of halogens is 1. The minimum absolute atomic E-state index is 0.110. The Morgan fingerprint density at radius 2 is 1.87 bits per heavy atom. The molecule has 8 heteroatoms. The Bertz CT molecular complexity index is 820. The lowest BCUT2D eigenvalue weighted by Gasteiger charge is -2.11. The van der Waals surface area contributed by atoms with Crippen molar-refractivity contribution in [3.05, 3.63) is 53.1 Å². The van der Waals surface area contributed by atoms with Gasteiger partial charge in [0.2, 0.25) is 0 Å². The second-order valence-corrected chi connectivity index (χ2v) is 6.81. The number of hydrogen-bond donors (Lipinski definition) is 2. The molecule has 122 valence electrons. The third-order valence-corrected chi connectivity index (χ3v) is 4.93. The normalized spacial score (nSPS) is 11.0. The third-order valence-electron chi connectivity index (χ3n) is 3.00. The summed E-state index contributed by atoms with van der Waals surface area (Å²) < 4.78 is 32.4. The van der Waals surface area contributed by atoms with E-state index in [1.165, 1.54) is 30.3 Å². The van der Waals surface area contributed by atoms with Gasteiger partial charge in [0, 0.05) is 10.7 Å². The first-order valence-electron chi connectivity index (χ1n) is 6.59. The molecule has 0 aliphatic rings. The average Bonchev–Trinajstić information content (AvgIpc) is 2.48. The Hall–Kier alpha value is -2.25. The van der Waals surface area contributed by atoms with E-state index >= 15 is 0 Å². The number of primary amides is 1. The van der Waals surface area contributed by atoms with E-state index in [0.29, 0.717) is 22.0 Å². The van der Waals surface area contributed by atoms with Crippen molar-refractivity contribution < 1.29 is 17.9 Å². The SMILES string of the molecule is Cc1c(Cl)cccc1S(=O)(=O)Nc1ccc(OCC(N)=O)cc1. The van der Waals surface area contributed by atoms with E-state index in [-0.39, 0.29) is 11.5 Å². The molecule has 0 saturated carbocycles. The molecule has 0 aliphatic carbocycles. The first kappa shape index (κ1) is 17.1. The Morgan fingerprint density at radius 3 is 2.48 bits per heavy atom. The van der Waals surface area contributed by atoms with Crippen LogP contribution in [0.5, 0.6) is 5.75 Å². The molecule has 1 amide bonds. The zero-order chi connectivity index (χ0) is 17.0. The van der Waals surface area contributed by atoms with Crippen LogP contribution in [-0.2, 0) is 14.8 Å². The van der Waals surface area contributed by atoms with Gasteiger partial charge in [-0.15, -0.1) is 0 Å². The molecule has 23 heavy (non-hydrogen) atoms. The van der Waals surface area contributed by atoms with Gasteiger partial charge in [-0.25, -0.2) is 8.42 Å². The standard InChI is InChI=1S/C15H15ClN2O4S/c1-10-13(16)3-2-4-14(10)23(20,21)18-11-5-7-12(8-6-11)22-9-15(17)19/h2-8,18H,9H2,1H3,(H2,17,19). The molecule has 2 aromatic rings. The minimum atomic E-state index is -3.75. The number of hydrogen-bond acceptors (Lipinski definition) is 4. The van der Waals surface area contributed by atoms with E-state index in [2.05, 4.69) is 4.72 Å². The number of anilines is 1. The van der Waals surface area contributed by atoms with Crippen molar-refractivity contribution in [3.63, 3.8) is 0 Å². The molecule has 2 aromatic carbocycles. The second kappa shape index (κ2) is 6.89. The van der Waals surface area contributed by atoms with Crippen molar-refractivity contribution in [1.82, 2.24) is 0 Å². The summed E-state index contributed by atoms with van der Waals surface area (Å²) in [7, 11) is -3.75. The van der Waals surface area contributed by atoms with Crippen LogP contribution in [0.15, 0.2) is 47.4 Å². The summed E-state index contributed by atoms with van der Waals surface area (Å²) in [6.45, 7) is 1.39. The highest BCUT2D eigenvalue weighted by atomic mass is 35.5. The molecular formula is C15H15ClN2O4S. The van der Waals surface area contributed by atoms with Crippen LogP contribution in [0.25, 0.3) is 0 Å². The molecule has 0 heterocycles.